The maximum Gasteiger partial charge on any atom is 0.161 e. The Bertz CT molecular complexity index is 601. The molecule has 0 aliphatic carbocycles. The maximum absolute atomic E-state index is 10.5. The Morgan fingerprint density at radius 1 is 1.05 bits per heavy atom. The van der Waals surface area contributed by atoms with Crippen molar-refractivity contribution in [3.8, 4) is 17.2 Å². The summed E-state index contributed by atoms with van der Waals surface area (Å²) in [4.78, 5) is 4.09. The average Bonchev–Trinajstić information content (AvgIpc) is 2.54. The van der Waals surface area contributed by atoms with Gasteiger partial charge in [-0.3, -0.25) is 4.98 Å². The highest BCUT2D eigenvalue weighted by molar-refractivity contribution is 5.45. The van der Waals surface area contributed by atoms with E-state index in [1.54, 1.807) is 50.9 Å². The zero-order chi connectivity index (χ0) is 15.2. The fourth-order valence-electron chi connectivity index (χ4n) is 2.05. The minimum absolute atomic E-state index is 0.553. The van der Waals surface area contributed by atoms with Crippen LogP contribution in [0, 0.1) is 0 Å². The lowest BCUT2D eigenvalue weighted by Gasteiger charge is -2.15. The molecule has 0 saturated heterocycles. The van der Waals surface area contributed by atoms with Crippen molar-refractivity contribution >= 4 is 0 Å². The molecule has 5 nitrogen and oxygen atoms in total. The van der Waals surface area contributed by atoms with Gasteiger partial charge in [-0.15, -0.1) is 0 Å². The lowest BCUT2D eigenvalue weighted by atomic mass is 10.0. The Morgan fingerprint density at radius 3 is 2.48 bits per heavy atom. The molecule has 2 rings (SSSR count). The minimum atomic E-state index is -0.808. The molecule has 0 aliphatic heterocycles. The summed E-state index contributed by atoms with van der Waals surface area (Å²) >= 11 is 0. The number of benzene rings is 1. The quantitative estimate of drug-likeness (QED) is 0.885. The van der Waals surface area contributed by atoms with Gasteiger partial charge >= 0.3 is 0 Å². The highest BCUT2D eigenvalue weighted by Gasteiger charge is 2.14. The largest absolute Gasteiger partial charge is 0.493 e. The molecule has 1 aromatic carbocycles. The van der Waals surface area contributed by atoms with Crippen molar-refractivity contribution in [2.45, 2.75) is 13.0 Å². The van der Waals surface area contributed by atoms with E-state index >= 15 is 0 Å². The molecule has 2 aromatic rings. The third-order valence-electron chi connectivity index (χ3n) is 3.08. The minimum Gasteiger partial charge on any atom is -0.493 e. The number of methoxy groups -OCH3 is 2. The van der Waals surface area contributed by atoms with E-state index in [2.05, 4.69) is 4.98 Å². The summed E-state index contributed by atoms with van der Waals surface area (Å²) in [5, 5.41) is 10.5. The van der Waals surface area contributed by atoms with E-state index in [9.17, 15) is 5.11 Å². The molecule has 1 heterocycles. The van der Waals surface area contributed by atoms with Crippen molar-refractivity contribution in [3.63, 3.8) is 0 Å². The summed E-state index contributed by atoms with van der Waals surface area (Å²) in [6, 6.07) is 7.07. The van der Waals surface area contributed by atoms with E-state index in [4.69, 9.17) is 14.2 Å². The summed E-state index contributed by atoms with van der Waals surface area (Å²) in [5.74, 6) is 1.83. The number of aromatic nitrogens is 1. The molecular weight excluding hydrogens is 270 g/mol. The Labute approximate surface area is 124 Å². The van der Waals surface area contributed by atoms with Crippen LogP contribution in [0.5, 0.6) is 17.2 Å². The molecule has 0 saturated carbocycles. The van der Waals surface area contributed by atoms with Crippen LogP contribution in [0.4, 0.5) is 0 Å². The smallest absolute Gasteiger partial charge is 0.161 e. The number of ether oxygens (including phenoxy) is 3. The van der Waals surface area contributed by atoms with Gasteiger partial charge in [0.05, 0.1) is 27.0 Å². The molecule has 5 heteroatoms. The molecular formula is C16H19NO4. The van der Waals surface area contributed by atoms with E-state index in [0.717, 1.165) is 0 Å². The molecule has 0 spiro atoms. The van der Waals surface area contributed by atoms with E-state index < -0.39 is 6.10 Å². The molecule has 1 atom stereocenters. The first-order valence-electron chi connectivity index (χ1n) is 6.67. The van der Waals surface area contributed by atoms with E-state index in [1.165, 1.54) is 0 Å². The summed E-state index contributed by atoms with van der Waals surface area (Å²) in [6.45, 7) is 2.45. The van der Waals surface area contributed by atoms with E-state index in [0.29, 0.717) is 35.0 Å². The molecule has 0 amide bonds. The van der Waals surface area contributed by atoms with E-state index in [-0.39, 0.29) is 0 Å². The second-order valence-corrected chi connectivity index (χ2v) is 4.40. The van der Waals surface area contributed by atoms with Crippen LogP contribution in [0.1, 0.15) is 24.2 Å². The van der Waals surface area contributed by atoms with Gasteiger partial charge in [0.1, 0.15) is 11.9 Å². The van der Waals surface area contributed by atoms with Crippen LogP contribution in [-0.4, -0.2) is 30.9 Å². The molecule has 1 N–H and O–H groups in total. The monoisotopic (exact) mass is 289 g/mol. The number of rotatable bonds is 6. The zero-order valence-corrected chi connectivity index (χ0v) is 12.4. The summed E-state index contributed by atoms with van der Waals surface area (Å²) in [7, 11) is 3.13. The Kier molecular flexibility index (Phi) is 5.00. The topological polar surface area (TPSA) is 60.8 Å². The Hall–Kier alpha value is -2.27. The lowest BCUT2D eigenvalue weighted by molar-refractivity contribution is 0.218. The zero-order valence-electron chi connectivity index (χ0n) is 12.4. The third-order valence-corrected chi connectivity index (χ3v) is 3.08. The first-order valence-corrected chi connectivity index (χ1v) is 6.67. The molecule has 112 valence electrons. The van der Waals surface area contributed by atoms with Crippen molar-refractivity contribution in [1.82, 2.24) is 4.98 Å². The summed E-state index contributed by atoms with van der Waals surface area (Å²) in [6.07, 6.45) is 2.43. The Balaban J connectivity index is 2.30. The number of hydrogen-bond acceptors (Lipinski definition) is 5. The van der Waals surface area contributed by atoms with Crippen molar-refractivity contribution in [2.75, 3.05) is 20.8 Å². The first kappa shape index (κ1) is 15.1. The molecule has 21 heavy (non-hydrogen) atoms. The molecule has 0 radical (unpaired) electrons. The van der Waals surface area contributed by atoms with Crippen LogP contribution < -0.4 is 14.2 Å². The highest BCUT2D eigenvalue weighted by atomic mass is 16.5. The van der Waals surface area contributed by atoms with Crippen LogP contribution in [0.3, 0.4) is 0 Å². The standard InChI is InChI=1S/C16H19NO4/c1-4-21-13-7-12(9-17-10-13)16(18)11-5-6-14(19-2)15(8-11)20-3/h5-10,16,18H,4H2,1-3H3. The Morgan fingerprint density at radius 2 is 1.81 bits per heavy atom. The third kappa shape index (κ3) is 3.44. The van der Waals surface area contributed by atoms with Gasteiger partial charge in [-0.05, 0) is 30.7 Å². The summed E-state index contributed by atoms with van der Waals surface area (Å²) in [5.41, 5.74) is 1.36. The first-order chi connectivity index (χ1) is 10.2. The van der Waals surface area contributed by atoms with Crippen molar-refractivity contribution in [3.05, 3.63) is 47.8 Å². The van der Waals surface area contributed by atoms with E-state index in [1.807, 2.05) is 6.92 Å². The molecule has 0 bridgehead atoms. The van der Waals surface area contributed by atoms with Gasteiger partial charge in [0, 0.05) is 11.8 Å². The van der Waals surface area contributed by atoms with Crippen LogP contribution in [0.2, 0.25) is 0 Å². The van der Waals surface area contributed by atoms with Gasteiger partial charge in [0.15, 0.2) is 11.5 Å². The molecule has 1 unspecified atom stereocenters. The number of aliphatic hydroxyl groups is 1. The van der Waals surface area contributed by atoms with Crippen LogP contribution in [0.25, 0.3) is 0 Å². The number of hydrogen-bond donors (Lipinski definition) is 1. The number of aliphatic hydroxyl groups excluding tert-OH is 1. The van der Waals surface area contributed by atoms with Gasteiger partial charge in [-0.25, -0.2) is 0 Å². The second kappa shape index (κ2) is 6.95. The number of pyridine rings is 1. The fraction of sp³-hybridized carbons (Fsp3) is 0.312. The average molecular weight is 289 g/mol. The van der Waals surface area contributed by atoms with Crippen molar-refractivity contribution in [1.29, 1.82) is 0 Å². The van der Waals surface area contributed by atoms with Gasteiger partial charge in [0.2, 0.25) is 0 Å². The van der Waals surface area contributed by atoms with Crippen molar-refractivity contribution in [2.24, 2.45) is 0 Å². The molecule has 1 aromatic heterocycles. The van der Waals surface area contributed by atoms with Gasteiger partial charge < -0.3 is 19.3 Å². The lowest BCUT2D eigenvalue weighted by Crippen LogP contribution is -2.02. The van der Waals surface area contributed by atoms with Crippen LogP contribution >= 0.6 is 0 Å². The predicted molar refractivity (Wildman–Crippen MR) is 79.0 cm³/mol. The second-order valence-electron chi connectivity index (χ2n) is 4.40. The maximum atomic E-state index is 10.5. The van der Waals surface area contributed by atoms with Crippen molar-refractivity contribution < 1.29 is 19.3 Å². The van der Waals surface area contributed by atoms with Gasteiger partial charge in [0.25, 0.3) is 0 Å². The molecule has 0 aliphatic rings. The molecule has 0 fully saturated rings. The number of nitrogens with zero attached hydrogens (tertiary/aromatic N) is 1. The fourth-order valence-corrected chi connectivity index (χ4v) is 2.05. The summed E-state index contributed by atoms with van der Waals surface area (Å²) < 4.78 is 15.8. The van der Waals surface area contributed by atoms with Gasteiger partial charge in [-0.1, -0.05) is 6.07 Å². The van der Waals surface area contributed by atoms with Crippen LogP contribution in [-0.2, 0) is 0 Å². The van der Waals surface area contributed by atoms with Crippen LogP contribution in [0.15, 0.2) is 36.7 Å². The predicted octanol–water partition coefficient (Wildman–Crippen LogP) is 2.58. The highest BCUT2D eigenvalue weighted by Crippen LogP contribution is 2.32. The normalized spacial score (nSPS) is 11.8. The van der Waals surface area contributed by atoms with Gasteiger partial charge in [-0.2, -0.15) is 0 Å². The SMILES string of the molecule is CCOc1cncc(C(O)c2ccc(OC)c(OC)c2)c1.